The van der Waals surface area contributed by atoms with E-state index in [9.17, 15) is 4.79 Å². The average molecular weight is 306 g/mol. The summed E-state index contributed by atoms with van der Waals surface area (Å²) in [4.78, 5) is 16.5. The number of β-amino-alcohol motifs (C(OH)–C–C–N with tert-alkyl or cyclic N) is 1. The average Bonchev–Trinajstić information content (AvgIpc) is 2.55. The summed E-state index contributed by atoms with van der Waals surface area (Å²) >= 11 is 0. The highest BCUT2D eigenvalue weighted by molar-refractivity contribution is 5.77. The summed E-state index contributed by atoms with van der Waals surface area (Å²) in [5.74, 6) is 1.25. The Labute approximate surface area is 132 Å². The van der Waals surface area contributed by atoms with Crippen LogP contribution in [0.2, 0.25) is 0 Å². The Bertz CT molecular complexity index is 467. The number of methoxy groups -OCH3 is 1. The number of piperazine rings is 1. The molecule has 1 N–H and O–H groups in total. The van der Waals surface area contributed by atoms with E-state index < -0.39 is 0 Å². The number of aliphatic hydroxyl groups is 1. The third kappa shape index (κ3) is 4.45. The van der Waals surface area contributed by atoms with E-state index in [0.29, 0.717) is 13.0 Å². The summed E-state index contributed by atoms with van der Waals surface area (Å²) in [7, 11) is 1.65. The molecule has 1 unspecified atom stereocenters. The van der Waals surface area contributed by atoms with Gasteiger partial charge in [-0.1, -0.05) is 19.1 Å². The Hall–Kier alpha value is -1.59. The highest BCUT2D eigenvalue weighted by Gasteiger charge is 2.22. The van der Waals surface area contributed by atoms with E-state index in [1.165, 1.54) is 0 Å². The minimum Gasteiger partial charge on any atom is -0.497 e. The maximum absolute atomic E-state index is 12.4. The van der Waals surface area contributed by atoms with Crippen LogP contribution < -0.4 is 4.74 Å². The summed E-state index contributed by atoms with van der Waals surface area (Å²) in [6.07, 6.45) is 0.534. The van der Waals surface area contributed by atoms with Gasteiger partial charge < -0.3 is 14.7 Å². The van der Waals surface area contributed by atoms with Gasteiger partial charge in [-0.05, 0) is 23.6 Å². The van der Waals surface area contributed by atoms with Crippen molar-refractivity contribution in [1.29, 1.82) is 0 Å². The van der Waals surface area contributed by atoms with E-state index in [1.807, 2.05) is 29.2 Å². The molecule has 22 heavy (non-hydrogen) atoms. The minimum atomic E-state index is 0.183. The molecule has 1 atom stereocenters. The Morgan fingerprint density at radius 2 is 1.86 bits per heavy atom. The molecule has 1 fully saturated rings. The van der Waals surface area contributed by atoms with E-state index >= 15 is 0 Å². The van der Waals surface area contributed by atoms with Gasteiger partial charge in [0, 0.05) is 39.1 Å². The zero-order chi connectivity index (χ0) is 15.9. The fraction of sp³-hybridized carbons (Fsp3) is 0.588. The number of amides is 1. The van der Waals surface area contributed by atoms with Crippen molar-refractivity contribution in [3.8, 4) is 5.75 Å². The van der Waals surface area contributed by atoms with Crippen molar-refractivity contribution in [2.24, 2.45) is 0 Å². The van der Waals surface area contributed by atoms with E-state index in [2.05, 4.69) is 11.8 Å². The van der Waals surface area contributed by atoms with Gasteiger partial charge in [-0.15, -0.1) is 0 Å². The molecule has 0 spiro atoms. The molecule has 0 aromatic heterocycles. The van der Waals surface area contributed by atoms with Crippen molar-refractivity contribution < 1.29 is 14.6 Å². The van der Waals surface area contributed by atoms with Gasteiger partial charge >= 0.3 is 0 Å². The Morgan fingerprint density at radius 1 is 1.23 bits per heavy atom. The first-order chi connectivity index (χ1) is 10.6. The Kier molecular flexibility index (Phi) is 6.21. The lowest BCUT2D eigenvalue weighted by molar-refractivity contribution is -0.133. The summed E-state index contributed by atoms with van der Waals surface area (Å²) in [6.45, 7) is 6.18. The van der Waals surface area contributed by atoms with Crippen molar-refractivity contribution >= 4 is 5.91 Å². The lowest BCUT2D eigenvalue weighted by Gasteiger charge is -2.34. The van der Waals surface area contributed by atoms with Crippen molar-refractivity contribution in [3.05, 3.63) is 29.8 Å². The number of benzene rings is 1. The second-order valence-corrected chi connectivity index (χ2v) is 5.82. The lowest BCUT2D eigenvalue weighted by atomic mass is 9.97. The normalized spacial score (nSPS) is 17.3. The number of carbonyl (C=O) groups is 1. The SMILES string of the molecule is COc1ccc(C(C)CC(=O)N2CCN(CCO)CC2)cc1. The van der Waals surface area contributed by atoms with E-state index in [-0.39, 0.29) is 18.4 Å². The van der Waals surface area contributed by atoms with Crippen LogP contribution in [0.5, 0.6) is 5.75 Å². The molecule has 1 saturated heterocycles. The molecule has 5 nitrogen and oxygen atoms in total. The van der Waals surface area contributed by atoms with Gasteiger partial charge in [-0.25, -0.2) is 0 Å². The van der Waals surface area contributed by atoms with E-state index in [0.717, 1.165) is 37.5 Å². The molecule has 0 bridgehead atoms. The highest BCUT2D eigenvalue weighted by atomic mass is 16.5. The summed E-state index contributed by atoms with van der Waals surface area (Å²) < 4.78 is 5.16. The lowest BCUT2D eigenvalue weighted by Crippen LogP contribution is -2.49. The van der Waals surface area contributed by atoms with Crippen molar-refractivity contribution in [2.45, 2.75) is 19.3 Å². The first kappa shape index (κ1) is 16.8. The number of hydrogen-bond acceptors (Lipinski definition) is 4. The molecular weight excluding hydrogens is 280 g/mol. The zero-order valence-electron chi connectivity index (χ0n) is 13.5. The number of ether oxygens (including phenoxy) is 1. The largest absolute Gasteiger partial charge is 0.497 e. The number of aliphatic hydroxyl groups excluding tert-OH is 1. The number of nitrogens with zero attached hydrogens (tertiary/aromatic N) is 2. The molecule has 1 aliphatic rings. The standard InChI is InChI=1S/C17H26N2O3/c1-14(15-3-5-16(22-2)6-4-15)13-17(21)19-9-7-18(8-10-19)11-12-20/h3-6,14,20H,7-13H2,1-2H3. The summed E-state index contributed by atoms with van der Waals surface area (Å²) in [5, 5.41) is 8.94. The molecule has 1 aliphatic heterocycles. The van der Waals surface area contributed by atoms with Crippen molar-refractivity contribution in [2.75, 3.05) is 46.4 Å². The molecule has 1 aromatic carbocycles. The van der Waals surface area contributed by atoms with Crippen LogP contribution in [0, 0.1) is 0 Å². The van der Waals surface area contributed by atoms with Crippen LogP contribution in [0.25, 0.3) is 0 Å². The molecular formula is C17H26N2O3. The van der Waals surface area contributed by atoms with Gasteiger partial charge in [-0.2, -0.15) is 0 Å². The summed E-state index contributed by atoms with van der Waals surface area (Å²) in [6, 6.07) is 7.92. The molecule has 1 aromatic rings. The number of rotatable bonds is 6. The smallest absolute Gasteiger partial charge is 0.223 e. The maximum Gasteiger partial charge on any atom is 0.223 e. The Balaban J connectivity index is 1.83. The fourth-order valence-electron chi connectivity index (χ4n) is 2.80. The van der Waals surface area contributed by atoms with Gasteiger partial charge in [-0.3, -0.25) is 9.69 Å². The van der Waals surface area contributed by atoms with E-state index in [4.69, 9.17) is 9.84 Å². The Morgan fingerprint density at radius 3 is 2.41 bits per heavy atom. The molecule has 5 heteroatoms. The fourth-order valence-corrected chi connectivity index (χ4v) is 2.80. The third-order valence-corrected chi connectivity index (χ3v) is 4.31. The van der Waals surface area contributed by atoms with E-state index in [1.54, 1.807) is 7.11 Å². The number of hydrogen-bond donors (Lipinski definition) is 1. The summed E-state index contributed by atoms with van der Waals surface area (Å²) in [5.41, 5.74) is 1.16. The van der Waals surface area contributed by atoms with Crippen LogP contribution in [-0.2, 0) is 4.79 Å². The third-order valence-electron chi connectivity index (χ3n) is 4.31. The molecule has 1 amide bonds. The molecule has 122 valence electrons. The van der Waals surface area contributed by atoms with Gasteiger partial charge in [0.25, 0.3) is 0 Å². The maximum atomic E-state index is 12.4. The zero-order valence-corrected chi connectivity index (χ0v) is 13.5. The molecule has 0 radical (unpaired) electrons. The first-order valence-electron chi connectivity index (χ1n) is 7.89. The second-order valence-electron chi connectivity index (χ2n) is 5.82. The minimum absolute atomic E-state index is 0.183. The van der Waals surface area contributed by atoms with Crippen LogP contribution in [0.15, 0.2) is 24.3 Å². The topological polar surface area (TPSA) is 53.0 Å². The van der Waals surface area contributed by atoms with Gasteiger partial charge in [0.05, 0.1) is 13.7 Å². The van der Waals surface area contributed by atoms with Crippen LogP contribution in [0.4, 0.5) is 0 Å². The molecule has 1 heterocycles. The van der Waals surface area contributed by atoms with Gasteiger partial charge in [0.15, 0.2) is 0 Å². The molecule has 2 rings (SSSR count). The van der Waals surface area contributed by atoms with Gasteiger partial charge in [0.1, 0.15) is 5.75 Å². The van der Waals surface area contributed by atoms with Crippen molar-refractivity contribution in [3.63, 3.8) is 0 Å². The first-order valence-corrected chi connectivity index (χ1v) is 7.89. The quantitative estimate of drug-likeness (QED) is 0.861. The van der Waals surface area contributed by atoms with Crippen LogP contribution >= 0.6 is 0 Å². The predicted molar refractivity (Wildman–Crippen MR) is 86.1 cm³/mol. The second kappa shape index (κ2) is 8.15. The molecule has 0 saturated carbocycles. The van der Waals surface area contributed by atoms with Crippen molar-refractivity contribution in [1.82, 2.24) is 9.80 Å². The predicted octanol–water partition coefficient (Wildman–Crippen LogP) is 1.33. The highest BCUT2D eigenvalue weighted by Crippen LogP contribution is 2.22. The van der Waals surface area contributed by atoms with Crippen LogP contribution in [0.3, 0.4) is 0 Å². The monoisotopic (exact) mass is 306 g/mol. The van der Waals surface area contributed by atoms with Crippen LogP contribution in [-0.4, -0.2) is 67.3 Å². The van der Waals surface area contributed by atoms with Crippen LogP contribution in [0.1, 0.15) is 24.8 Å². The number of carbonyl (C=O) groups excluding carboxylic acids is 1. The van der Waals surface area contributed by atoms with Gasteiger partial charge in [0.2, 0.25) is 5.91 Å². The molecule has 0 aliphatic carbocycles.